The second-order valence-electron chi connectivity index (χ2n) is 4.49. The second kappa shape index (κ2) is 6.39. The van der Waals surface area contributed by atoms with Crippen molar-refractivity contribution >= 4 is 21.6 Å². The lowest BCUT2D eigenvalue weighted by Crippen LogP contribution is -2.18. The molecule has 0 aliphatic heterocycles. The Kier molecular flexibility index (Phi) is 4.77. The van der Waals surface area contributed by atoms with Gasteiger partial charge in [-0.25, -0.2) is 0 Å². The maximum Gasteiger partial charge on any atom is 0.573 e. The standard InChI is InChI=1S/C15H13BrF3NO/c1-10-6-7-11(12(16)8-10)9-20-13-4-2-3-5-14(13)21-15(17,18)19/h2-8,20H,9H2,1H3. The Morgan fingerprint density at radius 1 is 1.14 bits per heavy atom. The van der Waals surface area contributed by atoms with Gasteiger partial charge in [-0.2, -0.15) is 0 Å². The van der Waals surface area contributed by atoms with E-state index in [1.165, 1.54) is 12.1 Å². The monoisotopic (exact) mass is 359 g/mol. The first-order valence-corrected chi connectivity index (χ1v) is 6.98. The van der Waals surface area contributed by atoms with E-state index in [0.29, 0.717) is 12.2 Å². The SMILES string of the molecule is Cc1ccc(CNc2ccccc2OC(F)(F)F)c(Br)c1. The first kappa shape index (κ1) is 15.7. The molecule has 1 N–H and O–H groups in total. The van der Waals surface area contributed by atoms with Crippen LogP contribution in [-0.4, -0.2) is 6.36 Å². The van der Waals surface area contributed by atoms with Crippen molar-refractivity contribution in [2.75, 3.05) is 5.32 Å². The van der Waals surface area contributed by atoms with E-state index in [1.54, 1.807) is 12.1 Å². The Hall–Kier alpha value is -1.69. The van der Waals surface area contributed by atoms with Gasteiger partial charge in [0, 0.05) is 11.0 Å². The van der Waals surface area contributed by atoms with Gasteiger partial charge in [-0.05, 0) is 36.2 Å². The highest BCUT2D eigenvalue weighted by Crippen LogP contribution is 2.30. The fourth-order valence-corrected chi connectivity index (χ4v) is 2.45. The number of rotatable bonds is 4. The minimum Gasteiger partial charge on any atom is -0.404 e. The maximum atomic E-state index is 12.3. The first-order valence-electron chi connectivity index (χ1n) is 6.19. The fraction of sp³-hybridized carbons (Fsp3) is 0.200. The summed E-state index contributed by atoms with van der Waals surface area (Å²) in [5.74, 6) is -0.242. The second-order valence-corrected chi connectivity index (χ2v) is 5.35. The Labute approximate surface area is 129 Å². The summed E-state index contributed by atoms with van der Waals surface area (Å²) in [5, 5.41) is 2.96. The molecule has 0 aliphatic rings. The van der Waals surface area contributed by atoms with Gasteiger partial charge < -0.3 is 10.1 Å². The van der Waals surface area contributed by atoms with Crippen LogP contribution >= 0.6 is 15.9 Å². The molecule has 2 aromatic carbocycles. The molecule has 2 nitrogen and oxygen atoms in total. The number of nitrogens with one attached hydrogen (secondary N) is 1. The zero-order valence-corrected chi connectivity index (χ0v) is 12.8. The van der Waals surface area contributed by atoms with E-state index in [0.717, 1.165) is 15.6 Å². The molecule has 6 heteroatoms. The molecule has 0 saturated carbocycles. The topological polar surface area (TPSA) is 21.3 Å². The first-order chi connectivity index (χ1) is 9.85. The van der Waals surface area contributed by atoms with Gasteiger partial charge in [0.25, 0.3) is 0 Å². The minimum atomic E-state index is -4.71. The van der Waals surface area contributed by atoms with Gasteiger partial charge in [0.2, 0.25) is 0 Å². The summed E-state index contributed by atoms with van der Waals surface area (Å²) in [5.41, 5.74) is 2.34. The molecule has 0 bridgehead atoms. The average molecular weight is 360 g/mol. The van der Waals surface area contributed by atoms with Crippen LogP contribution in [0.5, 0.6) is 5.75 Å². The average Bonchev–Trinajstić information content (AvgIpc) is 2.37. The molecule has 2 aromatic rings. The Bertz CT molecular complexity index is 629. The molecular formula is C15H13BrF3NO. The van der Waals surface area contributed by atoms with Gasteiger partial charge in [0.1, 0.15) is 0 Å². The molecule has 112 valence electrons. The number of hydrogen-bond acceptors (Lipinski definition) is 2. The van der Waals surface area contributed by atoms with Crippen LogP contribution in [0.15, 0.2) is 46.9 Å². The molecule has 2 rings (SSSR count). The van der Waals surface area contributed by atoms with Crippen LogP contribution < -0.4 is 10.1 Å². The molecule has 0 fully saturated rings. The maximum absolute atomic E-state index is 12.3. The molecular weight excluding hydrogens is 347 g/mol. The van der Waals surface area contributed by atoms with Crippen molar-refractivity contribution in [2.45, 2.75) is 19.8 Å². The van der Waals surface area contributed by atoms with Crippen LogP contribution in [0.1, 0.15) is 11.1 Å². The van der Waals surface area contributed by atoms with Gasteiger partial charge in [-0.3, -0.25) is 0 Å². The van der Waals surface area contributed by atoms with Gasteiger partial charge >= 0.3 is 6.36 Å². The van der Waals surface area contributed by atoms with Crippen LogP contribution in [0.3, 0.4) is 0 Å². The fourth-order valence-electron chi connectivity index (χ4n) is 1.81. The summed E-state index contributed by atoms with van der Waals surface area (Å²) in [6.45, 7) is 2.35. The van der Waals surface area contributed by atoms with Crippen molar-refractivity contribution in [3.63, 3.8) is 0 Å². The Morgan fingerprint density at radius 2 is 1.86 bits per heavy atom. The predicted octanol–water partition coefficient (Wildman–Crippen LogP) is 5.27. The van der Waals surface area contributed by atoms with Crippen molar-refractivity contribution in [3.8, 4) is 5.75 Å². The van der Waals surface area contributed by atoms with Crippen LogP contribution in [0.25, 0.3) is 0 Å². The summed E-state index contributed by atoms with van der Waals surface area (Å²) in [6, 6.07) is 11.8. The number of benzene rings is 2. The van der Waals surface area contributed by atoms with E-state index in [9.17, 15) is 13.2 Å². The number of alkyl halides is 3. The van der Waals surface area contributed by atoms with Crippen molar-refractivity contribution in [1.82, 2.24) is 0 Å². The highest BCUT2D eigenvalue weighted by Gasteiger charge is 2.32. The van der Waals surface area contributed by atoms with Gasteiger partial charge in [0.05, 0.1) is 5.69 Å². The van der Waals surface area contributed by atoms with Crippen LogP contribution in [0.4, 0.5) is 18.9 Å². The highest BCUT2D eigenvalue weighted by molar-refractivity contribution is 9.10. The predicted molar refractivity (Wildman–Crippen MR) is 79.3 cm³/mol. The molecule has 0 spiro atoms. The molecule has 0 radical (unpaired) electrons. The Balaban J connectivity index is 2.13. The highest BCUT2D eigenvalue weighted by atomic mass is 79.9. The van der Waals surface area contributed by atoms with E-state index < -0.39 is 6.36 Å². The number of anilines is 1. The summed E-state index contributed by atoms with van der Waals surface area (Å²) >= 11 is 3.44. The van der Waals surface area contributed by atoms with Crippen molar-refractivity contribution < 1.29 is 17.9 Å². The smallest absolute Gasteiger partial charge is 0.404 e. The molecule has 0 amide bonds. The zero-order chi connectivity index (χ0) is 15.5. The van der Waals surface area contributed by atoms with Gasteiger partial charge in [0.15, 0.2) is 5.75 Å². The van der Waals surface area contributed by atoms with Crippen LogP contribution in [0, 0.1) is 6.92 Å². The summed E-state index contributed by atoms with van der Waals surface area (Å²) in [4.78, 5) is 0. The third-order valence-electron chi connectivity index (χ3n) is 2.79. The van der Waals surface area contributed by atoms with E-state index in [-0.39, 0.29) is 5.75 Å². The minimum absolute atomic E-state index is 0.242. The van der Waals surface area contributed by atoms with E-state index in [1.807, 2.05) is 25.1 Å². The quantitative estimate of drug-likeness (QED) is 0.802. The van der Waals surface area contributed by atoms with Crippen molar-refractivity contribution in [2.24, 2.45) is 0 Å². The van der Waals surface area contributed by atoms with E-state index >= 15 is 0 Å². The summed E-state index contributed by atoms with van der Waals surface area (Å²) in [6.07, 6.45) is -4.71. The Morgan fingerprint density at radius 3 is 2.52 bits per heavy atom. The number of halogens is 4. The van der Waals surface area contributed by atoms with Gasteiger partial charge in [-0.1, -0.05) is 40.2 Å². The molecule has 21 heavy (non-hydrogen) atoms. The van der Waals surface area contributed by atoms with Crippen LogP contribution in [0.2, 0.25) is 0 Å². The van der Waals surface area contributed by atoms with E-state index in [4.69, 9.17) is 0 Å². The van der Waals surface area contributed by atoms with E-state index in [2.05, 4.69) is 26.0 Å². The number of hydrogen-bond donors (Lipinski definition) is 1. The molecule has 0 unspecified atom stereocenters. The zero-order valence-electron chi connectivity index (χ0n) is 11.2. The normalized spacial score (nSPS) is 11.3. The van der Waals surface area contributed by atoms with Crippen LogP contribution in [-0.2, 0) is 6.54 Å². The number of ether oxygens (including phenoxy) is 1. The molecule has 0 atom stereocenters. The van der Waals surface area contributed by atoms with Crippen molar-refractivity contribution in [1.29, 1.82) is 0 Å². The lowest BCUT2D eigenvalue weighted by Gasteiger charge is -2.15. The van der Waals surface area contributed by atoms with Crippen molar-refractivity contribution in [3.05, 3.63) is 58.1 Å². The van der Waals surface area contributed by atoms with Gasteiger partial charge in [-0.15, -0.1) is 13.2 Å². The third kappa shape index (κ3) is 4.67. The lowest BCUT2D eigenvalue weighted by molar-refractivity contribution is -0.274. The largest absolute Gasteiger partial charge is 0.573 e. The molecule has 0 saturated heterocycles. The number of aryl methyl sites for hydroxylation is 1. The summed E-state index contributed by atoms with van der Waals surface area (Å²) < 4.78 is 41.9. The molecule has 0 heterocycles. The number of para-hydroxylation sites is 2. The summed E-state index contributed by atoms with van der Waals surface area (Å²) in [7, 11) is 0. The third-order valence-corrected chi connectivity index (χ3v) is 3.53. The lowest BCUT2D eigenvalue weighted by atomic mass is 10.1. The molecule has 0 aliphatic carbocycles. The molecule has 0 aromatic heterocycles.